The molecule has 0 radical (unpaired) electrons. The predicted molar refractivity (Wildman–Crippen MR) is 88.5 cm³/mol. The van der Waals surface area contributed by atoms with Gasteiger partial charge in [0, 0.05) is 7.11 Å². The molecule has 0 aromatic heterocycles. The molecule has 0 N–H and O–H groups in total. The van der Waals surface area contributed by atoms with Crippen LogP contribution in [0.3, 0.4) is 0 Å². The maximum Gasteiger partial charge on any atom is 0.248 e. The van der Waals surface area contributed by atoms with E-state index in [1.54, 1.807) is 7.11 Å². The zero-order chi connectivity index (χ0) is 16.8. The van der Waals surface area contributed by atoms with Crippen molar-refractivity contribution in [1.29, 1.82) is 0 Å². The number of carbonyl (C=O) groups excluding carboxylic acids is 1. The fraction of sp³-hybridized carbons (Fsp3) is 0.611. The zero-order valence-corrected chi connectivity index (χ0v) is 14.5. The lowest BCUT2D eigenvalue weighted by Crippen LogP contribution is -2.49. The Kier molecular flexibility index (Phi) is 6.57. The second-order valence-electron chi connectivity index (χ2n) is 6.12. The highest BCUT2D eigenvalue weighted by molar-refractivity contribution is 5.78. The van der Waals surface area contributed by atoms with E-state index in [0.29, 0.717) is 26.4 Å². The van der Waals surface area contributed by atoms with Crippen LogP contribution in [0.2, 0.25) is 0 Å². The average Bonchev–Trinajstić information content (AvgIpc) is 2.54. The van der Waals surface area contributed by atoms with Gasteiger partial charge < -0.3 is 19.1 Å². The molecule has 0 spiro atoms. The van der Waals surface area contributed by atoms with Gasteiger partial charge in [0.15, 0.2) is 0 Å². The van der Waals surface area contributed by atoms with Crippen LogP contribution in [-0.2, 0) is 19.0 Å². The summed E-state index contributed by atoms with van der Waals surface area (Å²) in [5, 5.41) is 0. The lowest BCUT2D eigenvalue weighted by molar-refractivity contribution is -0.149. The number of rotatable bonds is 6. The van der Waals surface area contributed by atoms with E-state index in [2.05, 4.69) is 32.0 Å². The van der Waals surface area contributed by atoms with Crippen LogP contribution in [0.25, 0.3) is 0 Å². The summed E-state index contributed by atoms with van der Waals surface area (Å²) in [5.41, 5.74) is 3.56. The number of methoxy groups -OCH3 is 1. The Morgan fingerprint density at radius 2 is 2.13 bits per heavy atom. The molecule has 0 bridgehead atoms. The van der Waals surface area contributed by atoms with Crippen LogP contribution in [0.4, 0.5) is 0 Å². The van der Waals surface area contributed by atoms with Crippen molar-refractivity contribution < 1.29 is 19.0 Å². The van der Waals surface area contributed by atoms with Gasteiger partial charge in [-0.1, -0.05) is 23.8 Å². The largest absolute Gasteiger partial charge is 0.382 e. The van der Waals surface area contributed by atoms with Crippen LogP contribution >= 0.6 is 0 Å². The fourth-order valence-electron chi connectivity index (χ4n) is 2.78. The number of aryl methyl sites for hydroxylation is 2. The first-order valence-corrected chi connectivity index (χ1v) is 8.07. The van der Waals surface area contributed by atoms with Gasteiger partial charge in [0.25, 0.3) is 0 Å². The maximum absolute atomic E-state index is 12.4. The second-order valence-corrected chi connectivity index (χ2v) is 6.12. The number of nitrogens with zero attached hydrogens (tertiary/aromatic N) is 1. The Hall–Kier alpha value is -1.43. The van der Waals surface area contributed by atoms with Crippen molar-refractivity contribution >= 4 is 5.91 Å². The van der Waals surface area contributed by atoms with Crippen LogP contribution in [-0.4, -0.2) is 56.9 Å². The summed E-state index contributed by atoms with van der Waals surface area (Å²) < 4.78 is 16.3. The van der Waals surface area contributed by atoms with Gasteiger partial charge in [-0.15, -0.1) is 0 Å². The SMILES string of the molecule is COCCOCC(=O)N1C[C@@H](c2cc(C)ccc2C)OC[C@@H]1C. The standard InChI is InChI=1S/C18H27NO4/c1-13-5-6-14(2)16(9-13)17-10-19(15(3)11-23-17)18(20)12-22-8-7-21-4/h5-6,9,15,17H,7-8,10-12H2,1-4H3/t15-,17-/m0/s1. The molecule has 2 atom stereocenters. The highest BCUT2D eigenvalue weighted by Crippen LogP contribution is 2.28. The summed E-state index contributed by atoms with van der Waals surface area (Å²) in [4.78, 5) is 14.3. The number of hydrogen-bond donors (Lipinski definition) is 0. The Balaban J connectivity index is 2.01. The average molecular weight is 321 g/mol. The van der Waals surface area contributed by atoms with Crippen molar-refractivity contribution in [2.45, 2.75) is 32.9 Å². The van der Waals surface area contributed by atoms with Crippen molar-refractivity contribution in [2.24, 2.45) is 0 Å². The number of ether oxygens (including phenoxy) is 3. The lowest BCUT2D eigenvalue weighted by Gasteiger charge is -2.38. The number of morpholine rings is 1. The minimum absolute atomic E-state index is 0.00668. The minimum Gasteiger partial charge on any atom is -0.382 e. The number of hydrogen-bond acceptors (Lipinski definition) is 4. The molecule has 1 aliphatic heterocycles. The molecule has 128 valence electrons. The molecule has 1 aromatic rings. The molecule has 0 aliphatic carbocycles. The molecule has 1 amide bonds. The van der Waals surface area contributed by atoms with Crippen LogP contribution < -0.4 is 0 Å². The first-order valence-electron chi connectivity index (χ1n) is 8.07. The van der Waals surface area contributed by atoms with E-state index in [1.807, 2.05) is 11.8 Å². The first kappa shape index (κ1) is 17.9. The minimum atomic E-state index is -0.0750. The van der Waals surface area contributed by atoms with E-state index < -0.39 is 0 Å². The van der Waals surface area contributed by atoms with Gasteiger partial charge in [0.05, 0.1) is 32.4 Å². The van der Waals surface area contributed by atoms with E-state index in [0.717, 1.165) is 5.56 Å². The summed E-state index contributed by atoms with van der Waals surface area (Å²) in [6.45, 7) is 8.29. The van der Waals surface area contributed by atoms with Crippen molar-refractivity contribution in [3.8, 4) is 0 Å². The molecule has 23 heavy (non-hydrogen) atoms. The third kappa shape index (κ3) is 4.77. The Bertz CT molecular complexity index is 532. The predicted octanol–water partition coefficient (Wildman–Crippen LogP) is 2.25. The van der Waals surface area contributed by atoms with E-state index >= 15 is 0 Å². The van der Waals surface area contributed by atoms with Crippen LogP contribution in [0.5, 0.6) is 0 Å². The van der Waals surface area contributed by atoms with Crippen molar-refractivity contribution in [1.82, 2.24) is 4.90 Å². The molecule has 5 nitrogen and oxygen atoms in total. The highest BCUT2D eigenvalue weighted by atomic mass is 16.5. The van der Waals surface area contributed by atoms with Gasteiger partial charge >= 0.3 is 0 Å². The topological polar surface area (TPSA) is 48.0 Å². The Morgan fingerprint density at radius 1 is 1.35 bits per heavy atom. The third-order valence-corrected chi connectivity index (χ3v) is 4.19. The summed E-state index contributed by atoms with van der Waals surface area (Å²) in [5.74, 6) is 0.00668. The van der Waals surface area contributed by atoms with Gasteiger partial charge in [-0.2, -0.15) is 0 Å². The molecular formula is C18H27NO4. The highest BCUT2D eigenvalue weighted by Gasteiger charge is 2.31. The number of benzene rings is 1. The molecule has 5 heteroatoms. The Labute approximate surface area is 138 Å². The first-order chi connectivity index (χ1) is 11.0. The molecular weight excluding hydrogens is 294 g/mol. The monoisotopic (exact) mass is 321 g/mol. The summed E-state index contributed by atoms with van der Waals surface area (Å²) in [6, 6.07) is 6.41. The van der Waals surface area contributed by atoms with Crippen molar-refractivity contribution in [3.63, 3.8) is 0 Å². The lowest BCUT2D eigenvalue weighted by atomic mass is 9.99. The molecule has 1 aliphatic rings. The fourth-order valence-corrected chi connectivity index (χ4v) is 2.78. The van der Waals surface area contributed by atoms with Crippen LogP contribution in [0, 0.1) is 13.8 Å². The van der Waals surface area contributed by atoms with Gasteiger partial charge in [0.2, 0.25) is 5.91 Å². The van der Waals surface area contributed by atoms with Gasteiger partial charge in [0.1, 0.15) is 12.7 Å². The van der Waals surface area contributed by atoms with Gasteiger partial charge in [-0.25, -0.2) is 0 Å². The number of amides is 1. The summed E-state index contributed by atoms with van der Waals surface area (Å²) in [7, 11) is 1.62. The molecule has 2 rings (SSSR count). The Morgan fingerprint density at radius 3 is 2.87 bits per heavy atom. The molecule has 1 fully saturated rings. The van der Waals surface area contributed by atoms with E-state index in [1.165, 1.54) is 11.1 Å². The zero-order valence-electron chi connectivity index (χ0n) is 14.5. The molecule has 0 unspecified atom stereocenters. The van der Waals surface area contributed by atoms with Gasteiger partial charge in [-0.05, 0) is 31.9 Å². The summed E-state index contributed by atoms with van der Waals surface area (Å²) >= 11 is 0. The van der Waals surface area contributed by atoms with E-state index in [4.69, 9.17) is 14.2 Å². The van der Waals surface area contributed by atoms with Crippen molar-refractivity contribution in [2.75, 3.05) is 40.1 Å². The molecule has 1 aromatic carbocycles. The number of carbonyl (C=O) groups is 1. The molecule has 0 saturated carbocycles. The second kappa shape index (κ2) is 8.43. The smallest absolute Gasteiger partial charge is 0.248 e. The van der Waals surface area contributed by atoms with E-state index in [9.17, 15) is 4.79 Å². The van der Waals surface area contributed by atoms with Gasteiger partial charge in [-0.3, -0.25) is 4.79 Å². The molecule has 1 saturated heterocycles. The van der Waals surface area contributed by atoms with Crippen LogP contribution in [0.1, 0.15) is 29.7 Å². The normalized spacial score (nSPS) is 21.5. The molecule has 1 heterocycles. The maximum atomic E-state index is 12.4. The van der Waals surface area contributed by atoms with Crippen molar-refractivity contribution in [3.05, 3.63) is 34.9 Å². The van der Waals surface area contributed by atoms with Crippen LogP contribution in [0.15, 0.2) is 18.2 Å². The van der Waals surface area contributed by atoms with E-state index in [-0.39, 0.29) is 24.7 Å². The third-order valence-electron chi connectivity index (χ3n) is 4.19. The summed E-state index contributed by atoms with van der Waals surface area (Å²) in [6.07, 6.45) is -0.0750. The quantitative estimate of drug-likeness (QED) is 0.754.